The average molecular weight is 266 g/mol. The van der Waals surface area contributed by atoms with E-state index in [0.717, 1.165) is 15.8 Å². The van der Waals surface area contributed by atoms with Gasteiger partial charge in [0.2, 0.25) is 0 Å². The lowest BCUT2D eigenvalue weighted by Crippen LogP contribution is -2.05. The van der Waals surface area contributed by atoms with E-state index >= 15 is 0 Å². The third-order valence-corrected chi connectivity index (χ3v) is 2.34. The Morgan fingerprint density at radius 1 is 1.64 bits per heavy atom. The van der Waals surface area contributed by atoms with Crippen LogP contribution in [-0.2, 0) is 0 Å². The summed E-state index contributed by atoms with van der Waals surface area (Å²) in [6, 6.07) is 0. The van der Waals surface area contributed by atoms with E-state index in [2.05, 4.69) is 41.4 Å². The van der Waals surface area contributed by atoms with E-state index in [9.17, 15) is 0 Å². The maximum absolute atomic E-state index is 5.72. The van der Waals surface area contributed by atoms with Crippen molar-refractivity contribution < 1.29 is 0 Å². The van der Waals surface area contributed by atoms with Crippen LogP contribution in [-0.4, -0.2) is 10.8 Å². The molecule has 0 aromatic carbocycles. The van der Waals surface area contributed by atoms with Crippen molar-refractivity contribution in [1.29, 1.82) is 0 Å². The molecule has 2 N–H and O–H groups in total. The number of hydrogen-bond donors (Lipinski definition) is 1. The molecule has 64 valence electrons. The standard InChI is InChI=1S/C8H15IN2/c1-6(2)7(10)4-5-8(9)11-3/h4,6H,5,10H2,1-3H3/b7-4-,11-8?. The van der Waals surface area contributed by atoms with Crippen LogP contribution in [0.5, 0.6) is 0 Å². The molecular weight excluding hydrogens is 251 g/mol. The highest BCUT2D eigenvalue weighted by molar-refractivity contribution is 14.1. The second-order valence-electron chi connectivity index (χ2n) is 2.66. The zero-order valence-electron chi connectivity index (χ0n) is 7.26. The highest BCUT2D eigenvalue weighted by atomic mass is 127. The van der Waals surface area contributed by atoms with Crippen LogP contribution < -0.4 is 5.73 Å². The topological polar surface area (TPSA) is 38.4 Å². The van der Waals surface area contributed by atoms with Gasteiger partial charge in [-0.25, -0.2) is 0 Å². The predicted octanol–water partition coefficient (Wildman–Crippen LogP) is 2.34. The summed E-state index contributed by atoms with van der Waals surface area (Å²) in [7, 11) is 1.79. The molecule has 0 radical (unpaired) electrons. The minimum absolute atomic E-state index is 0.441. The molecule has 0 heterocycles. The summed E-state index contributed by atoms with van der Waals surface area (Å²) in [5.41, 5.74) is 6.67. The van der Waals surface area contributed by atoms with Crippen LogP contribution in [0.25, 0.3) is 0 Å². The SMILES string of the molecule is CN=C(I)C/C=C(\N)C(C)C. The maximum atomic E-state index is 5.72. The van der Waals surface area contributed by atoms with Gasteiger partial charge < -0.3 is 5.73 Å². The van der Waals surface area contributed by atoms with Crippen LogP contribution >= 0.6 is 22.6 Å². The highest BCUT2D eigenvalue weighted by Crippen LogP contribution is 2.05. The van der Waals surface area contributed by atoms with Crippen molar-refractivity contribution >= 4 is 26.3 Å². The van der Waals surface area contributed by atoms with Gasteiger partial charge in [0, 0.05) is 19.2 Å². The fraction of sp³-hybridized carbons (Fsp3) is 0.625. The van der Waals surface area contributed by atoms with Crippen molar-refractivity contribution in [3.05, 3.63) is 11.8 Å². The van der Waals surface area contributed by atoms with Crippen LogP contribution in [0.2, 0.25) is 0 Å². The molecule has 0 rings (SSSR count). The molecule has 0 saturated heterocycles. The number of nitrogens with zero attached hydrogens (tertiary/aromatic N) is 1. The Hall–Kier alpha value is -0.0600. The van der Waals surface area contributed by atoms with E-state index in [1.165, 1.54) is 0 Å². The Balaban J connectivity index is 3.92. The van der Waals surface area contributed by atoms with Crippen LogP contribution in [0, 0.1) is 5.92 Å². The minimum Gasteiger partial charge on any atom is -0.402 e. The molecule has 0 spiro atoms. The van der Waals surface area contributed by atoms with Gasteiger partial charge in [0.15, 0.2) is 0 Å². The van der Waals surface area contributed by atoms with E-state index < -0.39 is 0 Å². The van der Waals surface area contributed by atoms with Crippen molar-refractivity contribution in [2.24, 2.45) is 16.6 Å². The second-order valence-corrected chi connectivity index (χ2v) is 3.91. The first-order valence-corrected chi connectivity index (χ1v) is 4.72. The molecule has 3 heteroatoms. The van der Waals surface area contributed by atoms with E-state index in [1.807, 2.05) is 6.08 Å². The number of rotatable bonds is 3. The van der Waals surface area contributed by atoms with Gasteiger partial charge in [0.1, 0.15) is 0 Å². The summed E-state index contributed by atoms with van der Waals surface area (Å²) >= 11 is 2.21. The Kier molecular flexibility index (Phi) is 5.54. The molecule has 0 aliphatic carbocycles. The molecular formula is C8H15IN2. The smallest absolute Gasteiger partial charge is 0.0763 e. The van der Waals surface area contributed by atoms with Gasteiger partial charge in [0.05, 0.1) is 3.72 Å². The van der Waals surface area contributed by atoms with Gasteiger partial charge in [-0.05, 0) is 28.5 Å². The Morgan fingerprint density at radius 2 is 2.18 bits per heavy atom. The second kappa shape index (κ2) is 5.57. The lowest BCUT2D eigenvalue weighted by atomic mass is 10.1. The van der Waals surface area contributed by atoms with Gasteiger partial charge in [0.25, 0.3) is 0 Å². The molecule has 11 heavy (non-hydrogen) atoms. The maximum Gasteiger partial charge on any atom is 0.0763 e. The van der Waals surface area contributed by atoms with Crippen molar-refractivity contribution in [2.45, 2.75) is 20.3 Å². The zero-order valence-corrected chi connectivity index (χ0v) is 9.42. The van der Waals surface area contributed by atoms with Crippen LogP contribution in [0.3, 0.4) is 0 Å². The molecule has 0 fully saturated rings. The first-order valence-electron chi connectivity index (χ1n) is 3.64. The number of hydrogen-bond acceptors (Lipinski definition) is 2. The van der Waals surface area contributed by atoms with E-state index in [1.54, 1.807) is 7.05 Å². The molecule has 0 aliphatic heterocycles. The lowest BCUT2D eigenvalue weighted by molar-refractivity contribution is 0.753. The molecule has 0 atom stereocenters. The fourth-order valence-corrected chi connectivity index (χ4v) is 0.749. The molecule has 2 nitrogen and oxygen atoms in total. The lowest BCUT2D eigenvalue weighted by Gasteiger charge is -2.03. The van der Waals surface area contributed by atoms with Gasteiger partial charge >= 0.3 is 0 Å². The third kappa shape index (κ3) is 5.24. The Morgan fingerprint density at radius 3 is 2.55 bits per heavy atom. The summed E-state index contributed by atoms with van der Waals surface area (Å²) in [6.07, 6.45) is 2.89. The largest absolute Gasteiger partial charge is 0.402 e. The minimum atomic E-state index is 0.441. The van der Waals surface area contributed by atoms with Crippen LogP contribution in [0.4, 0.5) is 0 Å². The molecule has 0 aromatic heterocycles. The van der Waals surface area contributed by atoms with Crippen molar-refractivity contribution in [1.82, 2.24) is 0 Å². The number of aliphatic imine (C=N–C) groups is 1. The summed E-state index contributed by atoms with van der Waals surface area (Å²) in [5, 5.41) is 0. The van der Waals surface area contributed by atoms with Crippen LogP contribution in [0.15, 0.2) is 16.8 Å². The summed E-state index contributed by atoms with van der Waals surface area (Å²) in [5.74, 6) is 0.441. The number of halogens is 1. The molecule has 0 bridgehead atoms. The van der Waals surface area contributed by atoms with E-state index in [4.69, 9.17) is 5.73 Å². The number of allylic oxidation sites excluding steroid dienone is 2. The van der Waals surface area contributed by atoms with E-state index in [-0.39, 0.29) is 0 Å². The number of nitrogens with two attached hydrogens (primary N) is 1. The van der Waals surface area contributed by atoms with E-state index in [0.29, 0.717) is 5.92 Å². The molecule has 0 aliphatic rings. The molecule has 0 saturated carbocycles. The van der Waals surface area contributed by atoms with Crippen molar-refractivity contribution in [2.75, 3.05) is 7.05 Å². The summed E-state index contributed by atoms with van der Waals surface area (Å²) < 4.78 is 1.09. The summed E-state index contributed by atoms with van der Waals surface area (Å²) in [4.78, 5) is 4.02. The monoisotopic (exact) mass is 266 g/mol. The quantitative estimate of drug-likeness (QED) is 0.618. The molecule has 0 amide bonds. The Labute approximate surface area is 82.1 Å². The van der Waals surface area contributed by atoms with Crippen molar-refractivity contribution in [3.63, 3.8) is 0 Å². The zero-order chi connectivity index (χ0) is 8.85. The van der Waals surface area contributed by atoms with Gasteiger partial charge in [-0.2, -0.15) is 0 Å². The van der Waals surface area contributed by atoms with Gasteiger partial charge in [-0.15, -0.1) is 0 Å². The highest BCUT2D eigenvalue weighted by Gasteiger charge is 1.96. The normalized spacial score (nSPS) is 14.3. The fourth-order valence-electron chi connectivity index (χ4n) is 0.529. The average Bonchev–Trinajstić information content (AvgIpc) is 1.99. The van der Waals surface area contributed by atoms with Crippen LogP contribution in [0.1, 0.15) is 20.3 Å². The third-order valence-electron chi connectivity index (χ3n) is 1.42. The Bertz CT molecular complexity index is 171. The summed E-state index contributed by atoms with van der Waals surface area (Å²) in [6.45, 7) is 4.17. The molecule has 0 aromatic rings. The molecule has 0 unspecified atom stereocenters. The van der Waals surface area contributed by atoms with Gasteiger partial charge in [-0.1, -0.05) is 19.9 Å². The van der Waals surface area contributed by atoms with Crippen molar-refractivity contribution in [3.8, 4) is 0 Å². The predicted molar refractivity (Wildman–Crippen MR) is 59.1 cm³/mol. The first-order chi connectivity index (χ1) is 5.07. The van der Waals surface area contributed by atoms with Gasteiger partial charge in [-0.3, -0.25) is 4.99 Å². The first kappa shape index (κ1) is 10.9.